The molecule has 0 fully saturated rings. The lowest BCUT2D eigenvalue weighted by molar-refractivity contribution is -0.143. The summed E-state index contributed by atoms with van der Waals surface area (Å²) in [6.45, 7) is 1.82. The molecule has 0 radical (unpaired) electrons. The van der Waals surface area contributed by atoms with Crippen LogP contribution in [0.3, 0.4) is 0 Å². The Morgan fingerprint density at radius 3 is 2.35 bits per heavy atom. The van der Waals surface area contributed by atoms with Crippen LogP contribution in [0.4, 0.5) is 0 Å². The van der Waals surface area contributed by atoms with Crippen LogP contribution in [-0.2, 0) is 14.4 Å². The second kappa shape index (κ2) is 7.61. The highest BCUT2D eigenvalue weighted by Gasteiger charge is 2.21. The van der Waals surface area contributed by atoms with E-state index in [4.69, 9.17) is 16.6 Å². The van der Waals surface area contributed by atoms with Crippen LogP contribution in [0.5, 0.6) is 0 Å². The number of carboxylic acid groups (broad SMARTS) is 1. The summed E-state index contributed by atoms with van der Waals surface area (Å²) < 4.78 is 0. The third-order valence-corrected chi connectivity index (χ3v) is 2.10. The molecule has 0 saturated heterocycles. The monoisotopic (exact) mass is 245 g/mol. The molecule has 6 N–H and O–H groups in total. The quantitative estimate of drug-likeness (QED) is 0.432. The van der Waals surface area contributed by atoms with Gasteiger partial charge in [0.15, 0.2) is 0 Å². The Morgan fingerprint density at radius 2 is 1.94 bits per heavy atom. The zero-order valence-corrected chi connectivity index (χ0v) is 9.81. The van der Waals surface area contributed by atoms with Crippen LogP contribution in [0.2, 0.25) is 0 Å². The Morgan fingerprint density at radius 1 is 1.35 bits per heavy atom. The standard InChI is InChI=1S/C10H19N3O4/c1-6(11)3-2-4-9(15)13-7(10(16)17)5-8(12)14/h6-7H,2-5,11H2,1H3,(H2,12,14)(H,13,15)(H,16,17)/t6?,7-/m0/s1. The molecule has 0 aromatic carbocycles. The zero-order valence-electron chi connectivity index (χ0n) is 9.81. The van der Waals surface area contributed by atoms with Crippen LogP contribution in [0.25, 0.3) is 0 Å². The summed E-state index contributed by atoms with van der Waals surface area (Å²) in [5, 5.41) is 11.0. The molecule has 0 aliphatic rings. The van der Waals surface area contributed by atoms with Gasteiger partial charge in [0.05, 0.1) is 6.42 Å². The van der Waals surface area contributed by atoms with Crippen molar-refractivity contribution in [2.75, 3.05) is 0 Å². The van der Waals surface area contributed by atoms with Crippen LogP contribution >= 0.6 is 0 Å². The summed E-state index contributed by atoms with van der Waals surface area (Å²) in [6, 6.07) is -1.25. The summed E-state index contributed by atoms with van der Waals surface area (Å²) in [7, 11) is 0. The summed E-state index contributed by atoms with van der Waals surface area (Å²) in [4.78, 5) is 32.7. The van der Waals surface area contributed by atoms with Gasteiger partial charge in [-0.2, -0.15) is 0 Å². The van der Waals surface area contributed by atoms with Gasteiger partial charge in [-0.1, -0.05) is 0 Å². The number of carbonyl (C=O) groups is 3. The first kappa shape index (κ1) is 15.4. The van der Waals surface area contributed by atoms with Crippen LogP contribution in [0, 0.1) is 0 Å². The number of rotatable bonds is 8. The lowest BCUT2D eigenvalue weighted by Gasteiger charge is -2.12. The fourth-order valence-corrected chi connectivity index (χ4v) is 1.25. The number of hydrogen-bond acceptors (Lipinski definition) is 4. The number of nitrogens with two attached hydrogens (primary N) is 2. The maximum Gasteiger partial charge on any atom is 0.326 e. The predicted molar refractivity (Wildman–Crippen MR) is 60.9 cm³/mol. The van der Waals surface area contributed by atoms with Crippen LogP contribution in [-0.4, -0.2) is 35.0 Å². The molecule has 17 heavy (non-hydrogen) atoms. The maximum absolute atomic E-state index is 11.4. The van der Waals surface area contributed by atoms with Gasteiger partial charge in [-0.3, -0.25) is 9.59 Å². The molecule has 0 spiro atoms. The molecule has 0 aromatic heterocycles. The van der Waals surface area contributed by atoms with Crippen molar-refractivity contribution in [3.8, 4) is 0 Å². The first-order valence-electron chi connectivity index (χ1n) is 5.39. The lowest BCUT2D eigenvalue weighted by Crippen LogP contribution is -2.43. The smallest absolute Gasteiger partial charge is 0.326 e. The highest BCUT2D eigenvalue weighted by atomic mass is 16.4. The van der Waals surface area contributed by atoms with Gasteiger partial charge < -0.3 is 21.9 Å². The van der Waals surface area contributed by atoms with E-state index in [9.17, 15) is 14.4 Å². The van der Waals surface area contributed by atoms with Crippen molar-refractivity contribution in [3.63, 3.8) is 0 Å². The van der Waals surface area contributed by atoms with Gasteiger partial charge in [-0.05, 0) is 19.8 Å². The van der Waals surface area contributed by atoms with E-state index in [1.807, 2.05) is 6.92 Å². The number of aliphatic carboxylic acids is 1. The van der Waals surface area contributed by atoms with Gasteiger partial charge in [0.2, 0.25) is 11.8 Å². The van der Waals surface area contributed by atoms with Crippen molar-refractivity contribution in [2.45, 2.75) is 44.7 Å². The minimum Gasteiger partial charge on any atom is -0.480 e. The fraction of sp³-hybridized carbons (Fsp3) is 0.700. The van der Waals surface area contributed by atoms with Gasteiger partial charge in [-0.15, -0.1) is 0 Å². The summed E-state index contributed by atoms with van der Waals surface area (Å²) >= 11 is 0. The molecule has 0 heterocycles. The molecule has 0 bridgehead atoms. The Labute approximate surface area is 99.5 Å². The number of nitrogens with one attached hydrogen (secondary N) is 1. The van der Waals surface area contributed by atoms with E-state index >= 15 is 0 Å². The van der Waals surface area contributed by atoms with Crippen molar-refractivity contribution in [2.24, 2.45) is 11.5 Å². The van der Waals surface area contributed by atoms with Crippen molar-refractivity contribution in [3.05, 3.63) is 0 Å². The van der Waals surface area contributed by atoms with E-state index in [2.05, 4.69) is 5.32 Å². The van der Waals surface area contributed by atoms with E-state index in [1.165, 1.54) is 0 Å². The largest absolute Gasteiger partial charge is 0.480 e. The third-order valence-electron chi connectivity index (χ3n) is 2.10. The number of hydrogen-bond donors (Lipinski definition) is 4. The van der Waals surface area contributed by atoms with Gasteiger partial charge in [0.1, 0.15) is 6.04 Å². The van der Waals surface area contributed by atoms with Crippen molar-refractivity contribution in [1.82, 2.24) is 5.32 Å². The van der Waals surface area contributed by atoms with E-state index in [0.717, 1.165) is 0 Å². The van der Waals surface area contributed by atoms with E-state index in [-0.39, 0.29) is 12.5 Å². The molecular formula is C10H19N3O4. The van der Waals surface area contributed by atoms with Crippen LogP contribution in [0.15, 0.2) is 0 Å². The van der Waals surface area contributed by atoms with Gasteiger partial charge in [0.25, 0.3) is 0 Å². The molecule has 2 atom stereocenters. The Balaban J connectivity index is 4.04. The summed E-state index contributed by atoms with van der Waals surface area (Å²) in [5.74, 6) is -2.46. The Bertz CT molecular complexity index is 291. The number of carbonyl (C=O) groups excluding carboxylic acids is 2. The van der Waals surface area contributed by atoms with Crippen molar-refractivity contribution in [1.29, 1.82) is 0 Å². The average Bonchev–Trinajstić information content (AvgIpc) is 2.15. The molecular weight excluding hydrogens is 226 g/mol. The fourth-order valence-electron chi connectivity index (χ4n) is 1.25. The van der Waals surface area contributed by atoms with Crippen LogP contribution < -0.4 is 16.8 Å². The molecule has 98 valence electrons. The topological polar surface area (TPSA) is 136 Å². The molecule has 0 aromatic rings. The maximum atomic E-state index is 11.4. The first-order chi connectivity index (χ1) is 7.82. The Hall–Kier alpha value is -1.63. The summed E-state index contributed by atoms with van der Waals surface area (Å²) in [5.41, 5.74) is 10.4. The molecule has 1 unspecified atom stereocenters. The molecule has 2 amide bonds. The predicted octanol–water partition coefficient (Wildman–Crippen LogP) is -1.05. The molecule has 0 saturated carbocycles. The second-order valence-electron chi connectivity index (χ2n) is 4.00. The number of amides is 2. The van der Waals surface area contributed by atoms with E-state index in [1.54, 1.807) is 0 Å². The minimum absolute atomic E-state index is 0.00342. The SMILES string of the molecule is CC(N)CCCC(=O)N[C@@H](CC(N)=O)C(=O)O. The first-order valence-corrected chi connectivity index (χ1v) is 5.39. The van der Waals surface area contributed by atoms with Gasteiger partial charge in [0, 0.05) is 12.5 Å². The lowest BCUT2D eigenvalue weighted by atomic mass is 10.1. The van der Waals surface area contributed by atoms with Crippen LogP contribution in [0.1, 0.15) is 32.6 Å². The second-order valence-corrected chi connectivity index (χ2v) is 4.00. The minimum atomic E-state index is -1.27. The molecule has 0 aliphatic carbocycles. The van der Waals surface area contributed by atoms with Crippen molar-refractivity contribution >= 4 is 17.8 Å². The van der Waals surface area contributed by atoms with Crippen molar-refractivity contribution < 1.29 is 19.5 Å². The normalized spacial score (nSPS) is 13.8. The highest BCUT2D eigenvalue weighted by molar-refractivity contribution is 5.88. The number of carboxylic acids is 1. The average molecular weight is 245 g/mol. The molecule has 7 nitrogen and oxygen atoms in total. The number of primary amides is 1. The van der Waals surface area contributed by atoms with Gasteiger partial charge in [-0.25, -0.2) is 4.79 Å². The van der Waals surface area contributed by atoms with Gasteiger partial charge >= 0.3 is 5.97 Å². The zero-order chi connectivity index (χ0) is 13.4. The Kier molecular flexibility index (Phi) is 6.88. The third kappa shape index (κ3) is 8.21. The highest BCUT2D eigenvalue weighted by Crippen LogP contribution is 2.00. The van der Waals surface area contributed by atoms with E-state index in [0.29, 0.717) is 12.8 Å². The molecule has 0 rings (SSSR count). The van der Waals surface area contributed by atoms with E-state index < -0.39 is 30.2 Å². The molecule has 0 aliphatic heterocycles. The molecule has 7 heteroatoms. The summed E-state index contributed by atoms with van der Waals surface area (Å²) in [6.07, 6.45) is 1.03.